The summed E-state index contributed by atoms with van der Waals surface area (Å²) < 4.78 is 4.52. The number of amides is 5. The lowest BCUT2D eigenvalue weighted by Crippen LogP contribution is -2.64. The van der Waals surface area contributed by atoms with E-state index in [1.807, 2.05) is 0 Å². The van der Waals surface area contributed by atoms with Crippen molar-refractivity contribution in [2.45, 2.75) is 32.1 Å². The number of carbonyl (C=O) groups is 4. The van der Waals surface area contributed by atoms with Gasteiger partial charge in [0, 0.05) is 0 Å². The average molecular weight is 283 g/mol. The van der Waals surface area contributed by atoms with Crippen LogP contribution in [-0.4, -0.2) is 42.0 Å². The van der Waals surface area contributed by atoms with Crippen molar-refractivity contribution in [1.82, 2.24) is 10.2 Å². The molecule has 0 radical (unpaired) electrons. The highest BCUT2D eigenvalue weighted by atomic mass is 16.5. The maximum absolute atomic E-state index is 12.5. The number of urea groups is 1. The lowest BCUT2D eigenvalue weighted by molar-refractivity contribution is -0.154. The van der Waals surface area contributed by atoms with Gasteiger partial charge in [-0.05, 0) is 12.8 Å². The van der Waals surface area contributed by atoms with Crippen molar-refractivity contribution in [2.75, 3.05) is 13.2 Å². The molecule has 2 aliphatic rings. The molecule has 0 bridgehead atoms. The summed E-state index contributed by atoms with van der Waals surface area (Å²) in [6.07, 6.45) is 2.44. The SMILES string of the molecule is NC(=O)OCCN1C(=O)NC(=O)C2(CCCCC2)C1=O. The molecule has 1 aliphatic carbocycles. The van der Waals surface area contributed by atoms with Crippen molar-refractivity contribution in [3.8, 4) is 0 Å². The normalized spacial score (nSPS) is 21.8. The second-order valence-corrected chi connectivity index (χ2v) is 5.03. The molecule has 8 heteroatoms. The summed E-state index contributed by atoms with van der Waals surface area (Å²) in [5, 5.41) is 2.21. The highest BCUT2D eigenvalue weighted by Crippen LogP contribution is 2.39. The summed E-state index contributed by atoms with van der Waals surface area (Å²) in [5.41, 5.74) is 3.68. The molecule has 1 aliphatic heterocycles. The molecular formula is C12H17N3O5. The van der Waals surface area contributed by atoms with Gasteiger partial charge in [-0.3, -0.25) is 19.8 Å². The Morgan fingerprint density at radius 2 is 1.90 bits per heavy atom. The molecule has 0 aromatic rings. The van der Waals surface area contributed by atoms with Gasteiger partial charge in [-0.1, -0.05) is 19.3 Å². The van der Waals surface area contributed by atoms with Crippen LogP contribution in [0, 0.1) is 5.41 Å². The first-order valence-corrected chi connectivity index (χ1v) is 6.57. The average Bonchev–Trinajstić information content (AvgIpc) is 2.41. The molecule has 3 N–H and O–H groups in total. The van der Waals surface area contributed by atoms with Gasteiger partial charge in [-0.15, -0.1) is 0 Å². The number of nitrogens with zero attached hydrogens (tertiary/aromatic N) is 1. The van der Waals surface area contributed by atoms with E-state index in [0.717, 1.165) is 24.2 Å². The van der Waals surface area contributed by atoms with Crippen molar-refractivity contribution in [3.63, 3.8) is 0 Å². The number of hydrogen-bond acceptors (Lipinski definition) is 5. The van der Waals surface area contributed by atoms with Gasteiger partial charge in [0.15, 0.2) is 0 Å². The van der Waals surface area contributed by atoms with Crippen molar-refractivity contribution in [1.29, 1.82) is 0 Å². The van der Waals surface area contributed by atoms with Gasteiger partial charge < -0.3 is 10.5 Å². The highest BCUT2D eigenvalue weighted by molar-refractivity contribution is 6.19. The van der Waals surface area contributed by atoms with E-state index < -0.39 is 29.4 Å². The fourth-order valence-electron chi connectivity index (χ4n) is 2.77. The van der Waals surface area contributed by atoms with Gasteiger partial charge in [0.1, 0.15) is 12.0 Å². The molecule has 2 fully saturated rings. The van der Waals surface area contributed by atoms with Crippen molar-refractivity contribution >= 4 is 23.9 Å². The minimum Gasteiger partial charge on any atom is -0.448 e. The molecule has 110 valence electrons. The van der Waals surface area contributed by atoms with Crippen LogP contribution in [0.4, 0.5) is 9.59 Å². The molecule has 1 spiro atoms. The Morgan fingerprint density at radius 3 is 2.50 bits per heavy atom. The predicted octanol–water partition coefficient (Wildman–Crippen LogP) is 0.111. The van der Waals surface area contributed by atoms with Gasteiger partial charge in [0.25, 0.3) is 0 Å². The molecule has 1 heterocycles. The van der Waals surface area contributed by atoms with Crippen LogP contribution in [0.5, 0.6) is 0 Å². The third-order valence-electron chi connectivity index (χ3n) is 3.82. The number of rotatable bonds is 3. The molecule has 1 saturated carbocycles. The highest BCUT2D eigenvalue weighted by Gasteiger charge is 2.53. The third kappa shape index (κ3) is 2.45. The van der Waals surface area contributed by atoms with Crippen LogP contribution >= 0.6 is 0 Å². The number of carbonyl (C=O) groups excluding carboxylic acids is 4. The summed E-state index contributed by atoms with van der Waals surface area (Å²) >= 11 is 0. The van der Waals surface area contributed by atoms with Crippen LogP contribution in [0.25, 0.3) is 0 Å². The van der Waals surface area contributed by atoms with E-state index in [-0.39, 0.29) is 13.2 Å². The van der Waals surface area contributed by atoms with Gasteiger partial charge in [-0.2, -0.15) is 0 Å². The fraction of sp³-hybridized carbons (Fsp3) is 0.667. The summed E-state index contributed by atoms with van der Waals surface area (Å²) in [5.74, 6) is -1.02. The van der Waals surface area contributed by atoms with E-state index >= 15 is 0 Å². The van der Waals surface area contributed by atoms with E-state index in [4.69, 9.17) is 5.73 Å². The van der Waals surface area contributed by atoms with Crippen LogP contribution in [0.2, 0.25) is 0 Å². The van der Waals surface area contributed by atoms with Crippen LogP contribution in [0.15, 0.2) is 0 Å². The Balaban J connectivity index is 2.11. The Morgan fingerprint density at radius 1 is 1.25 bits per heavy atom. The number of nitrogens with one attached hydrogen (secondary N) is 1. The van der Waals surface area contributed by atoms with Crippen LogP contribution in [0.3, 0.4) is 0 Å². The number of imide groups is 2. The smallest absolute Gasteiger partial charge is 0.404 e. The zero-order valence-corrected chi connectivity index (χ0v) is 11.0. The van der Waals surface area contributed by atoms with E-state index in [1.165, 1.54) is 0 Å². The zero-order valence-electron chi connectivity index (χ0n) is 11.0. The number of barbiturate groups is 1. The summed E-state index contributed by atoms with van der Waals surface area (Å²) in [6.45, 7) is -0.290. The van der Waals surface area contributed by atoms with Crippen molar-refractivity contribution in [2.24, 2.45) is 11.1 Å². The van der Waals surface area contributed by atoms with Gasteiger partial charge in [0.2, 0.25) is 11.8 Å². The lowest BCUT2D eigenvalue weighted by Gasteiger charge is -2.41. The van der Waals surface area contributed by atoms with Crippen molar-refractivity contribution in [3.05, 3.63) is 0 Å². The second kappa shape index (κ2) is 5.48. The van der Waals surface area contributed by atoms with Crippen LogP contribution in [0.1, 0.15) is 32.1 Å². The molecule has 8 nitrogen and oxygen atoms in total. The number of nitrogens with two attached hydrogens (primary N) is 1. The first-order valence-electron chi connectivity index (χ1n) is 6.57. The van der Waals surface area contributed by atoms with E-state index in [0.29, 0.717) is 12.8 Å². The largest absolute Gasteiger partial charge is 0.448 e. The van der Waals surface area contributed by atoms with Crippen molar-refractivity contribution < 1.29 is 23.9 Å². The molecule has 0 atom stereocenters. The standard InChI is InChI=1S/C12H17N3O5/c13-10(18)20-7-6-15-9(17)12(4-2-1-3-5-12)8(16)14-11(15)19/h1-7H2,(H2,13,18)(H,14,16,19). The molecule has 1 saturated heterocycles. The maximum atomic E-state index is 12.5. The summed E-state index contributed by atoms with van der Waals surface area (Å²) in [6, 6.07) is -0.774. The Hall–Kier alpha value is -2.12. The monoisotopic (exact) mass is 283 g/mol. The Bertz CT molecular complexity index is 456. The third-order valence-corrected chi connectivity index (χ3v) is 3.82. The molecule has 0 unspecified atom stereocenters. The zero-order chi connectivity index (χ0) is 14.8. The molecule has 20 heavy (non-hydrogen) atoms. The quantitative estimate of drug-likeness (QED) is 0.712. The minimum absolute atomic E-state index is 0.108. The van der Waals surface area contributed by atoms with E-state index in [9.17, 15) is 19.2 Å². The van der Waals surface area contributed by atoms with E-state index in [1.54, 1.807) is 0 Å². The molecule has 0 aromatic carbocycles. The number of ether oxygens (including phenoxy) is 1. The number of primary amides is 1. The fourth-order valence-corrected chi connectivity index (χ4v) is 2.77. The van der Waals surface area contributed by atoms with Crippen LogP contribution < -0.4 is 11.1 Å². The summed E-state index contributed by atoms with van der Waals surface area (Å²) in [4.78, 5) is 47.6. The lowest BCUT2D eigenvalue weighted by atomic mass is 9.71. The van der Waals surface area contributed by atoms with E-state index in [2.05, 4.69) is 10.1 Å². The van der Waals surface area contributed by atoms with Gasteiger partial charge >= 0.3 is 12.1 Å². The summed E-state index contributed by atoms with van der Waals surface area (Å²) in [7, 11) is 0. The first-order chi connectivity index (χ1) is 9.47. The molecule has 2 rings (SSSR count). The van der Waals surface area contributed by atoms with Gasteiger partial charge in [-0.25, -0.2) is 9.59 Å². The minimum atomic E-state index is -1.14. The number of hydrogen-bond donors (Lipinski definition) is 2. The van der Waals surface area contributed by atoms with Crippen LogP contribution in [-0.2, 0) is 14.3 Å². The molecule has 0 aromatic heterocycles. The second-order valence-electron chi connectivity index (χ2n) is 5.03. The first kappa shape index (κ1) is 14.3. The Labute approximate surface area is 115 Å². The molecular weight excluding hydrogens is 266 g/mol. The van der Waals surface area contributed by atoms with Gasteiger partial charge in [0.05, 0.1) is 6.54 Å². The maximum Gasteiger partial charge on any atom is 0.404 e. The predicted molar refractivity (Wildman–Crippen MR) is 66.3 cm³/mol. The Kier molecular flexibility index (Phi) is 3.91. The topological polar surface area (TPSA) is 119 Å². The molecule has 5 amide bonds.